The minimum Gasteiger partial charge on any atom is -0.0654 e. The maximum Gasteiger partial charge on any atom is 0.0230 e. The maximum atomic E-state index is 2.49. The van der Waals surface area contributed by atoms with Gasteiger partial charge in [-0.25, -0.2) is 0 Å². The van der Waals surface area contributed by atoms with E-state index in [9.17, 15) is 0 Å². The minimum atomic E-state index is 1.30. The standard InChI is InChI=1S/C14H21/c1-3-4-7-12-10-13-8-5-6-9-14(13)11(12)2/h10H,3-9H2,1-2H3. The highest BCUT2D eigenvalue weighted by Crippen LogP contribution is 2.42. The van der Waals surface area contributed by atoms with E-state index >= 15 is 0 Å². The first-order chi connectivity index (χ1) is 6.83. The van der Waals surface area contributed by atoms with Gasteiger partial charge in [0.1, 0.15) is 0 Å². The van der Waals surface area contributed by atoms with Crippen molar-refractivity contribution in [2.75, 3.05) is 0 Å². The van der Waals surface area contributed by atoms with Gasteiger partial charge in [0, 0.05) is 5.92 Å². The van der Waals surface area contributed by atoms with Crippen LogP contribution in [0.15, 0.2) is 22.8 Å². The summed E-state index contributed by atoms with van der Waals surface area (Å²) < 4.78 is 0. The van der Waals surface area contributed by atoms with Crippen LogP contribution in [0.3, 0.4) is 0 Å². The number of unbranched alkanes of at least 4 members (excludes halogenated alkanes) is 1. The molecule has 0 aromatic carbocycles. The third-order valence-electron chi connectivity index (χ3n) is 3.59. The normalized spacial score (nSPS) is 22.6. The predicted octanol–water partition coefficient (Wildman–Crippen LogP) is 4.58. The van der Waals surface area contributed by atoms with Crippen LogP contribution < -0.4 is 0 Å². The number of allylic oxidation sites excluding steroid dienone is 4. The molecule has 2 rings (SSSR count). The minimum absolute atomic E-state index is 1.30. The molecule has 0 bridgehead atoms. The van der Waals surface area contributed by atoms with Gasteiger partial charge in [0.05, 0.1) is 0 Å². The first-order valence-electron chi connectivity index (χ1n) is 6.10. The van der Waals surface area contributed by atoms with Crippen LogP contribution in [-0.2, 0) is 0 Å². The second kappa shape index (κ2) is 4.33. The average molecular weight is 189 g/mol. The molecule has 0 aromatic rings. The molecular formula is C14H21. The van der Waals surface area contributed by atoms with Gasteiger partial charge in [-0.3, -0.25) is 0 Å². The molecule has 0 aliphatic heterocycles. The van der Waals surface area contributed by atoms with E-state index in [2.05, 4.69) is 19.9 Å². The molecule has 1 radical (unpaired) electrons. The monoisotopic (exact) mass is 189 g/mol. The van der Waals surface area contributed by atoms with Crippen molar-refractivity contribution in [3.8, 4) is 0 Å². The van der Waals surface area contributed by atoms with E-state index in [1.165, 1.54) is 44.9 Å². The zero-order valence-electron chi connectivity index (χ0n) is 9.53. The third-order valence-corrected chi connectivity index (χ3v) is 3.59. The predicted molar refractivity (Wildman–Crippen MR) is 62.0 cm³/mol. The molecule has 0 saturated heterocycles. The van der Waals surface area contributed by atoms with Crippen LogP contribution in [0.4, 0.5) is 0 Å². The molecule has 0 heteroatoms. The Morgan fingerprint density at radius 2 is 2.00 bits per heavy atom. The summed E-state index contributed by atoms with van der Waals surface area (Å²) in [5.41, 5.74) is 5.00. The summed E-state index contributed by atoms with van der Waals surface area (Å²) in [6.45, 7) is 4.60. The topological polar surface area (TPSA) is 0 Å². The van der Waals surface area contributed by atoms with Gasteiger partial charge in [0.15, 0.2) is 0 Å². The third kappa shape index (κ3) is 1.80. The SMILES string of the molecule is CCCCC1=CC2=C(CCCC2)[C]1C. The van der Waals surface area contributed by atoms with Crippen LogP contribution in [0.1, 0.15) is 58.8 Å². The van der Waals surface area contributed by atoms with Gasteiger partial charge in [0.2, 0.25) is 0 Å². The van der Waals surface area contributed by atoms with E-state index < -0.39 is 0 Å². The van der Waals surface area contributed by atoms with E-state index in [4.69, 9.17) is 0 Å². The summed E-state index contributed by atoms with van der Waals surface area (Å²) in [5, 5.41) is 0. The van der Waals surface area contributed by atoms with Crippen molar-refractivity contribution in [1.82, 2.24) is 0 Å². The van der Waals surface area contributed by atoms with Crippen molar-refractivity contribution in [3.63, 3.8) is 0 Å². The van der Waals surface area contributed by atoms with Crippen LogP contribution in [0.5, 0.6) is 0 Å². The Morgan fingerprint density at radius 3 is 2.71 bits per heavy atom. The van der Waals surface area contributed by atoms with Gasteiger partial charge in [-0.05, 0) is 44.1 Å². The second-order valence-electron chi connectivity index (χ2n) is 4.61. The Bertz CT molecular complexity index is 268. The second-order valence-corrected chi connectivity index (χ2v) is 4.61. The lowest BCUT2D eigenvalue weighted by atomic mass is 9.87. The van der Waals surface area contributed by atoms with Gasteiger partial charge in [-0.1, -0.05) is 37.5 Å². The Hall–Kier alpha value is -0.520. The summed E-state index contributed by atoms with van der Waals surface area (Å²) in [5.74, 6) is 1.62. The Kier molecular flexibility index (Phi) is 3.10. The molecule has 0 N–H and O–H groups in total. The zero-order chi connectivity index (χ0) is 9.97. The lowest BCUT2D eigenvalue weighted by Gasteiger charge is -2.17. The van der Waals surface area contributed by atoms with Crippen molar-refractivity contribution in [2.24, 2.45) is 0 Å². The average Bonchev–Trinajstić information content (AvgIpc) is 2.54. The molecule has 0 aromatic heterocycles. The highest BCUT2D eigenvalue weighted by atomic mass is 14.3. The first-order valence-corrected chi connectivity index (χ1v) is 6.10. The van der Waals surface area contributed by atoms with E-state index in [-0.39, 0.29) is 0 Å². The van der Waals surface area contributed by atoms with Crippen molar-refractivity contribution < 1.29 is 0 Å². The van der Waals surface area contributed by atoms with Gasteiger partial charge < -0.3 is 0 Å². The Balaban J connectivity index is 2.04. The first kappa shape index (κ1) is 10.0. The molecule has 0 nitrogen and oxygen atoms in total. The quantitative estimate of drug-likeness (QED) is 0.609. The summed E-state index contributed by atoms with van der Waals surface area (Å²) in [6.07, 6.45) is 11.9. The lowest BCUT2D eigenvalue weighted by molar-refractivity contribution is 0.683. The van der Waals surface area contributed by atoms with Crippen LogP contribution >= 0.6 is 0 Å². The Morgan fingerprint density at radius 1 is 1.21 bits per heavy atom. The van der Waals surface area contributed by atoms with Crippen LogP contribution in [0.2, 0.25) is 0 Å². The van der Waals surface area contributed by atoms with E-state index in [1.54, 1.807) is 22.6 Å². The molecule has 14 heavy (non-hydrogen) atoms. The number of hydrogen-bond donors (Lipinski definition) is 0. The fourth-order valence-electron chi connectivity index (χ4n) is 2.66. The van der Waals surface area contributed by atoms with Crippen LogP contribution in [0.25, 0.3) is 0 Å². The fraction of sp³-hybridized carbons (Fsp3) is 0.643. The summed E-state index contributed by atoms with van der Waals surface area (Å²) in [6, 6.07) is 0. The summed E-state index contributed by atoms with van der Waals surface area (Å²) in [7, 11) is 0. The maximum absolute atomic E-state index is 2.49. The molecule has 2 aliphatic carbocycles. The van der Waals surface area contributed by atoms with Crippen molar-refractivity contribution in [2.45, 2.75) is 58.8 Å². The summed E-state index contributed by atoms with van der Waals surface area (Å²) in [4.78, 5) is 0. The number of hydrogen-bond acceptors (Lipinski definition) is 0. The van der Waals surface area contributed by atoms with Crippen molar-refractivity contribution in [3.05, 3.63) is 28.7 Å². The van der Waals surface area contributed by atoms with Crippen molar-refractivity contribution in [1.29, 1.82) is 0 Å². The van der Waals surface area contributed by atoms with Crippen molar-refractivity contribution >= 4 is 0 Å². The smallest absolute Gasteiger partial charge is 0.0230 e. The van der Waals surface area contributed by atoms with Crippen LogP contribution in [0, 0.1) is 5.92 Å². The van der Waals surface area contributed by atoms with Gasteiger partial charge in [-0.15, -0.1) is 0 Å². The van der Waals surface area contributed by atoms with Gasteiger partial charge in [0.25, 0.3) is 0 Å². The highest BCUT2D eigenvalue weighted by Gasteiger charge is 2.25. The van der Waals surface area contributed by atoms with E-state index in [0.29, 0.717) is 0 Å². The molecular weight excluding hydrogens is 168 g/mol. The number of rotatable bonds is 3. The summed E-state index contributed by atoms with van der Waals surface area (Å²) >= 11 is 0. The van der Waals surface area contributed by atoms with Gasteiger partial charge in [-0.2, -0.15) is 0 Å². The molecule has 0 atom stereocenters. The molecule has 0 unspecified atom stereocenters. The van der Waals surface area contributed by atoms with Crippen LogP contribution in [-0.4, -0.2) is 0 Å². The Labute approximate surface area is 88.1 Å². The molecule has 2 aliphatic rings. The molecule has 0 fully saturated rings. The highest BCUT2D eigenvalue weighted by molar-refractivity contribution is 5.54. The molecule has 0 saturated carbocycles. The molecule has 0 heterocycles. The van der Waals surface area contributed by atoms with E-state index in [1.807, 2.05) is 0 Å². The lowest BCUT2D eigenvalue weighted by Crippen LogP contribution is -2.01. The van der Waals surface area contributed by atoms with E-state index in [0.717, 1.165) is 0 Å². The fourth-order valence-corrected chi connectivity index (χ4v) is 2.66. The zero-order valence-corrected chi connectivity index (χ0v) is 9.53. The van der Waals surface area contributed by atoms with Gasteiger partial charge >= 0.3 is 0 Å². The molecule has 77 valence electrons. The molecule has 0 spiro atoms. The molecule has 0 amide bonds. The largest absolute Gasteiger partial charge is 0.0654 e.